The predicted molar refractivity (Wildman–Crippen MR) is 65.8 cm³/mol. The summed E-state index contributed by atoms with van der Waals surface area (Å²) in [6.07, 6.45) is 3.76. The molecule has 0 aliphatic rings. The van der Waals surface area contributed by atoms with Crippen LogP contribution in [0.3, 0.4) is 0 Å². The lowest BCUT2D eigenvalue weighted by atomic mass is 10.2. The number of aryl methyl sites for hydroxylation is 1. The van der Waals surface area contributed by atoms with Crippen LogP contribution in [0.5, 0.6) is 0 Å². The summed E-state index contributed by atoms with van der Waals surface area (Å²) in [4.78, 5) is 19.6. The van der Waals surface area contributed by atoms with Crippen LogP contribution in [0.25, 0.3) is 10.6 Å². The Balaban J connectivity index is 2.24. The summed E-state index contributed by atoms with van der Waals surface area (Å²) in [5.41, 5.74) is 2.88. The normalized spacial score (nSPS) is 10.2. The van der Waals surface area contributed by atoms with Crippen LogP contribution in [0.1, 0.15) is 11.3 Å². The molecule has 0 saturated heterocycles. The van der Waals surface area contributed by atoms with Gasteiger partial charge in [0.2, 0.25) is 0 Å². The molecule has 0 amide bonds. The molecule has 0 spiro atoms. The molecule has 0 aliphatic carbocycles. The van der Waals surface area contributed by atoms with Crippen LogP contribution in [-0.2, 0) is 16.0 Å². The number of rotatable bonds is 3. The van der Waals surface area contributed by atoms with Crippen LogP contribution >= 0.6 is 11.3 Å². The summed E-state index contributed by atoms with van der Waals surface area (Å²) < 4.78 is 4.61. The summed E-state index contributed by atoms with van der Waals surface area (Å²) in [5.74, 6) is -0.270. The predicted octanol–water partition coefficient (Wildman–Crippen LogP) is 2.23. The first-order valence-corrected chi connectivity index (χ1v) is 6.01. The van der Waals surface area contributed by atoms with E-state index in [0.29, 0.717) is 0 Å². The Morgan fingerprint density at radius 3 is 3.06 bits per heavy atom. The summed E-state index contributed by atoms with van der Waals surface area (Å²) in [6.45, 7) is 1.99. The molecule has 0 aromatic carbocycles. The average molecular weight is 248 g/mol. The second kappa shape index (κ2) is 5.05. The Morgan fingerprint density at radius 1 is 1.53 bits per heavy atom. The number of hydrogen-bond acceptors (Lipinski definition) is 5. The zero-order valence-electron chi connectivity index (χ0n) is 9.64. The van der Waals surface area contributed by atoms with Crippen molar-refractivity contribution in [3.63, 3.8) is 0 Å². The van der Waals surface area contributed by atoms with Gasteiger partial charge in [0.1, 0.15) is 5.01 Å². The molecule has 0 aliphatic heterocycles. The Hall–Kier alpha value is -1.75. The number of carbonyl (C=O) groups excluding carboxylic acids is 1. The van der Waals surface area contributed by atoms with Gasteiger partial charge < -0.3 is 4.74 Å². The number of ether oxygens (including phenoxy) is 1. The summed E-state index contributed by atoms with van der Waals surface area (Å²) in [5, 5.41) is 2.79. The molecule has 0 bridgehead atoms. The van der Waals surface area contributed by atoms with Gasteiger partial charge in [0.15, 0.2) is 0 Å². The third-order valence-electron chi connectivity index (χ3n) is 2.36. The largest absolute Gasteiger partial charge is 0.469 e. The van der Waals surface area contributed by atoms with Crippen molar-refractivity contribution in [2.75, 3.05) is 7.11 Å². The second-order valence-corrected chi connectivity index (χ2v) is 4.45. The number of hydrogen-bond donors (Lipinski definition) is 0. The first kappa shape index (κ1) is 11.7. The monoisotopic (exact) mass is 248 g/mol. The van der Waals surface area contributed by atoms with Crippen LogP contribution < -0.4 is 0 Å². The van der Waals surface area contributed by atoms with Crippen LogP contribution in [0.15, 0.2) is 23.8 Å². The second-order valence-electron chi connectivity index (χ2n) is 3.59. The maximum absolute atomic E-state index is 11.1. The first-order valence-electron chi connectivity index (χ1n) is 5.13. The topological polar surface area (TPSA) is 52.1 Å². The van der Waals surface area contributed by atoms with Gasteiger partial charge in [-0.25, -0.2) is 4.98 Å². The molecule has 88 valence electrons. The molecule has 4 nitrogen and oxygen atoms in total. The number of aromatic nitrogens is 2. The van der Waals surface area contributed by atoms with Crippen molar-refractivity contribution >= 4 is 17.3 Å². The Bertz CT molecular complexity index is 537. The lowest BCUT2D eigenvalue weighted by Crippen LogP contribution is -2.04. The Kier molecular flexibility index (Phi) is 3.49. The summed E-state index contributed by atoms with van der Waals surface area (Å²) >= 11 is 1.52. The van der Waals surface area contributed by atoms with Gasteiger partial charge in [0, 0.05) is 23.3 Å². The van der Waals surface area contributed by atoms with E-state index < -0.39 is 0 Å². The summed E-state index contributed by atoms with van der Waals surface area (Å²) in [6, 6.07) is 1.93. The van der Waals surface area contributed by atoms with Gasteiger partial charge in [0.05, 0.1) is 19.2 Å². The molecule has 0 N–H and O–H groups in total. The number of pyridine rings is 1. The third-order valence-corrected chi connectivity index (χ3v) is 3.28. The van der Waals surface area contributed by atoms with Crippen LogP contribution in [0, 0.1) is 6.92 Å². The highest BCUT2D eigenvalue weighted by molar-refractivity contribution is 7.13. The fourth-order valence-corrected chi connectivity index (χ4v) is 2.35. The zero-order chi connectivity index (χ0) is 12.3. The molecular weight excluding hydrogens is 236 g/mol. The molecule has 2 aromatic heterocycles. The van der Waals surface area contributed by atoms with E-state index in [2.05, 4.69) is 14.7 Å². The SMILES string of the molecule is COC(=O)Cc1csc(-c2ccncc2C)n1. The van der Waals surface area contributed by atoms with Gasteiger partial charge in [-0.1, -0.05) is 0 Å². The molecule has 0 unspecified atom stereocenters. The fraction of sp³-hybridized carbons (Fsp3) is 0.250. The number of esters is 1. The highest BCUT2D eigenvalue weighted by atomic mass is 32.1. The highest BCUT2D eigenvalue weighted by Crippen LogP contribution is 2.26. The van der Waals surface area contributed by atoms with Gasteiger partial charge in [-0.2, -0.15) is 0 Å². The standard InChI is InChI=1S/C12H12N2O2S/c1-8-6-13-4-3-10(8)12-14-9(7-17-12)5-11(15)16-2/h3-4,6-7H,5H2,1-2H3. The lowest BCUT2D eigenvalue weighted by Gasteiger charge is -1.99. The van der Waals surface area contributed by atoms with Gasteiger partial charge in [-0.05, 0) is 18.6 Å². The maximum Gasteiger partial charge on any atom is 0.311 e. The fourth-order valence-electron chi connectivity index (χ4n) is 1.45. The Morgan fingerprint density at radius 2 is 2.35 bits per heavy atom. The van der Waals surface area contributed by atoms with Crippen LogP contribution in [0.4, 0.5) is 0 Å². The highest BCUT2D eigenvalue weighted by Gasteiger charge is 2.10. The van der Waals surface area contributed by atoms with E-state index in [9.17, 15) is 4.79 Å². The van der Waals surface area contributed by atoms with Gasteiger partial charge in [-0.15, -0.1) is 11.3 Å². The van der Waals surface area contributed by atoms with Crippen molar-refractivity contribution in [1.82, 2.24) is 9.97 Å². The molecule has 0 fully saturated rings. The van der Waals surface area contributed by atoms with E-state index in [1.165, 1.54) is 18.4 Å². The van der Waals surface area contributed by atoms with Crippen molar-refractivity contribution in [3.05, 3.63) is 35.1 Å². The third kappa shape index (κ3) is 2.68. The first-order chi connectivity index (χ1) is 8.20. The quantitative estimate of drug-likeness (QED) is 0.782. The van der Waals surface area contributed by atoms with Crippen LogP contribution in [0.2, 0.25) is 0 Å². The van der Waals surface area contributed by atoms with Crippen molar-refractivity contribution in [2.24, 2.45) is 0 Å². The minimum absolute atomic E-state index is 0.219. The van der Waals surface area contributed by atoms with Crippen LogP contribution in [-0.4, -0.2) is 23.0 Å². The molecular formula is C12H12N2O2S. The minimum atomic E-state index is -0.270. The number of carbonyl (C=O) groups is 1. The smallest absolute Gasteiger partial charge is 0.311 e. The summed E-state index contributed by atoms with van der Waals surface area (Å²) in [7, 11) is 1.38. The maximum atomic E-state index is 11.1. The van der Waals surface area contributed by atoms with E-state index in [1.807, 2.05) is 18.4 Å². The average Bonchev–Trinajstić information content (AvgIpc) is 2.78. The van der Waals surface area contributed by atoms with Crippen molar-refractivity contribution in [3.8, 4) is 10.6 Å². The molecule has 2 aromatic rings. The van der Waals surface area contributed by atoms with E-state index in [0.717, 1.165) is 21.8 Å². The Labute approximate surface area is 103 Å². The van der Waals surface area contributed by atoms with Gasteiger partial charge in [0.25, 0.3) is 0 Å². The molecule has 17 heavy (non-hydrogen) atoms. The van der Waals surface area contributed by atoms with Crippen molar-refractivity contribution in [1.29, 1.82) is 0 Å². The van der Waals surface area contributed by atoms with Gasteiger partial charge in [-0.3, -0.25) is 9.78 Å². The van der Waals surface area contributed by atoms with E-state index in [4.69, 9.17) is 0 Å². The molecule has 0 radical (unpaired) electrons. The van der Waals surface area contributed by atoms with Crippen molar-refractivity contribution < 1.29 is 9.53 Å². The van der Waals surface area contributed by atoms with E-state index >= 15 is 0 Å². The molecule has 5 heteroatoms. The number of methoxy groups -OCH3 is 1. The molecule has 0 atom stereocenters. The van der Waals surface area contributed by atoms with Gasteiger partial charge >= 0.3 is 5.97 Å². The molecule has 2 rings (SSSR count). The molecule has 0 saturated carbocycles. The number of thiazole rings is 1. The zero-order valence-corrected chi connectivity index (χ0v) is 10.5. The lowest BCUT2D eigenvalue weighted by molar-refractivity contribution is -0.139. The van der Waals surface area contributed by atoms with Crippen molar-refractivity contribution in [2.45, 2.75) is 13.3 Å². The van der Waals surface area contributed by atoms with E-state index in [-0.39, 0.29) is 12.4 Å². The van der Waals surface area contributed by atoms with E-state index in [1.54, 1.807) is 12.4 Å². The minimum Gasteiger partial charge on any atom is -0.469 e. The number of nitrogens with zero attached hydrogens (tertiary/aromatic N) is 2. The molecule has 2 heterocycles.